The molecule has 31 heavy (non-hydrogen) atoms. The second kappa shape index (κ2) is 9.31. The number of carboxylic acid groups (broad SMARTS) is 1. The Balaban J connectivity index is 1.94. The number of aromatic nitrogens is 1. The van der Waals surface area contributed by atoms with Gasteiger partial charge in [-0.2, -0.15) is 0 Å². The fourth-order valence-corrected chi connectivity index (χ4v) is 4.11. The Kier molecular flexibility index (Phi) is 7.14. The standard InChI is InChI=1S/C19H22BrClN2O8/c1-8(25)22-12-4-5-19(18(28)29,31-17(12)16(27)13(26)7-24)30-14-6-9-11(23-14)3-2-10(20)15(9)21/h2-3,6,12-13,16-17,23-24,26-27H,4-5,7H2,1H3,(H,22,25)(H,28,29)/t12-,13-,16+,17-,19-/m0/s1. The lowest BCUT2D eigenvalue weighted by Gasteiger charge is -2.43. The Bertz CT molecular complexity index is 985. The molecule has 0 bridgehead atoms. The van der Waals surface area contributed by atoms with Gasteiger partial charge in [0.25, 0.3) is 0 Å². The molecule has 1 aliphatic rings. The molecule has 1 saturated heterocycles. The van der Waals surface area contributed by atoms with Gasteiger partial charge < -0.3 is 40.2 Å². The Morgan fingerprint density at radius 3 is 2.77 bits per heavy atom. The quantitative estimate of drug-likeness (QED) is 0.316. The maximum Gasteiger partial charge on any atom is 0.377 e. The molecule has 2 aromatic rings. The summed E-state index contributed by atoms with van der Waals surface area (Å²) in [5.41, 5.74) is 0.600. The predicted molar refractivity (Wildman–Crippen MR) is 113 cm³/mol. The number of H-pyrrole nitrogens is 1. The maximum atomic E-state index is 12.2. The van der Waals surface area contributed by atoms with Crippen LogP contribution in [0.1, 0.15) is 19.8 Å². The minimum atomic E-state index is -2.22. The van der Waals surface area contributed by atoms with Crippen LogP contribution in [0.4, 0.5) is 0 Å². The summed E-state index contributed by atoms with van der Waals surface area (Å²) in [4.78, 5) is 26.6. The van der Waals surface area contributed by atoms with E-state index in [1.54, 1.807) is 12.1 Å². The van der Waals surface area contributed by atoms with Crippen molar-refractivity contribution in [2.45, 2.75) is 49.9 Å². The van der Waals surface area contributed by atoms with Crippen LogP contribution in [0.15, 0.2) is 22.7 Å². The van der Waals surface area contributed by atoms with Gasteiger partial charge in [0.1, 0.15) is 18.3 Å². The zero-order valence-electron chi connectivity index (χ0n) is 16.3. The molecule has 1 fully saturated rings. The first-order valence-corrected chi connectivity index (χ1v) is 10.6. The molecule has 5 atom stereocenters. The average molecular weight is 522 g/mol. The van der Waals surface area contributed by atoms with Crippen molar-refractivity contribution in [1.29, 1.82) is 0 Å². The summed E-state index contributed by atoms with van der Waals surface area (Å²) in [5.74, 6) is -4.05. The van der Waals surface area contributed by atoms with Crippen LogP contribution >= 0.6 is 27.5 Å². The van der Waals surface area contributed by atoms with Gasteiger partial charge in [-0.05, 0) is 34.5 Å². The second-order valence-corrected chi connectivity index (χ2v) is 8.52. The minimum absolute atomic E-state index is 0.0614. The molecule has 1 amide bonds. The Labute approximate surface area is 190 Å². The number of halogens is 2. The fraction of sp³-hybridized carbons (Fsp3) is 0.474. The summed E-state index contributed by atoms with van der Waals surface area (Å²) < 4.78 is 12.0. The summed E-state index contributed by atoms with van der Waals surface area (Å²) in [6.07, 6.45) is -4.76. The smallest absolute Gasteiger partial charge is 0.377 e. The van der Waals surface area contributed by atoms with Gasteiger partial charge in [0.15, 0.2) is 5.88 Å². The fourth-order valence-electron chi connectivity index (χ4n) is 3.55. The van der Waals surface area contributed by atoms with Crippen LogP contribution in [-0.4, -0.2) is 74.0 Å². The number of aliphatic hydroxyl groups excluding tert-OH is 3. The molecular weight excluding hydrogens is 500 g/mol. The van der Waals surface area contributed by atoms with Crippen molar-refractivity contribution in [2.24, 2.45) is 0 Å². The number of carbonyl (C=O) groups is 2. The largest absolute Gasteiger partial charge is 0.476 e. The Hall–Kier alpha value is -1.89. The van der Waals surface area contributed by atoms with Crippen LogP contribution in [0.3, 0.4) is 0 Å². The topological polar surface area (TPSA) is 161 Å². The number of carbonyl (C=O) groups excluding carboxylic acids is 1. The number of benzene rings is 1. The average Bonchev–Trinajstić information content (AvgIpc) is 3.13. The molecule has 6 N–H and O–H groups in total. The molecule has 1 aliphatic heterocycles. The number of rotatable bonds is 7. The number of nitrogens with one attached hydrogen (secondary N) is 2. The van der Waals surface area contributed by atoms with Gasteiger partial charge in [-0.3, -0.25) is 4.79 Å². The van der Waals surface area contributed by atoms with Gasteiger partial charge >= 0.3 is 11.8 Å². The van der Waals surface area contributed by atoms with Crippen LogP contribution in [0.25, 0.3) is 10.9 Å². The van der Waals surface area contributed by atoms with Crippen molar-refractivity contribution in [3.63, 3.8) is 0 Å². The van der Waals surface area contributed by atoms with E-state index in [1.807, 2.05) is 0 Å². The first kappa shape index (κ1) is 23.8. The van der Waals surface area contributed by atoms with E-state index in [0.29, 0.717) is 20.4 Å². The van der Waals surface area contributed by atoms with Crippen LogP contribution in [0, 0.1) is 0 Å². The molecule has 12 heteroatoms. The number of aliphatic carboxylic acids is 1. The van der Waals surface area contributed by atoms with E-state index in [4.69, 9.17) is 21.1 Å². The lowest BCUT2D eigenvalue weighted by molar-refractivity contribution is -0.269. The number of ether oxygens (including phenoxy) is 2. The molecule has 0 aliphatic carbocycles. The summed E-state index contributed by atoms with van der Waals surface area (Å²) >= 11 is 9.58. The minimum Gasteiger partial charge on any atom is -0.476 e. The van der Waals surface area contributed by atoms with E-state index in [0.717, 1.165) is 0 Å². The highest BCUT2D eigenvalue weighted by Gasteiger charge is 2.53. The first-order valence-electron chi connectivity index (χ1n) is 9.39. The van der Waals surface area contributed by atoms with Crippen LogP contribution in [0.2, 0.25) is 5.02 Å². The van der Waals surface area contributed by atoms with Crippen molar-refractivity contribution < 1.29 is 39.5 Å². The molecular formula is C19H22BrClN2O8. The number of hydrogen-bond acceptors (Lipinski definition) is 7. The van der Waals surface area contributed by atoms with E-state index in [9.17, 15) is 30.0 Å². The molecule has 2 heterocycles. The summed E-state index contributed by atoms with van der Waals surface area (Å²) in [6.45, 7) is 0.470. The number of amides is 1. The van der Waals surface area contributed by atoms with Crippen molar-refractivity contribution in [3.05, 3.63) is 27.7 Å². The van der Waals surface area contributed by atoms with Gasteiger partial charge in [-0.25, -0.2) is 4.79 Å². The van der Waals surface area contributed by atoms with E-state index in [-0.39, 0.29) is 18.7 Å². The molecule has 0 radical (unpaired) electrons. The molecule has 0 saturated carbocycles. The summed E-state index contributed by atoms with van der Waals surface area (Å²) in [5, 5.41) is 43.0. The van der Waals surface area contributed by atoms with Crippen molar-refractivity contribution in [3.8, 4) is 5.88 Å². The van der Waals surface area contributed by atoms with Crippen molar-refractivity contribution in [2.75, 3.05) is 6.61 Å². The molecule has 170 valence electrons. The van der Waals surface area contributed by atoms with Gasteiger partial charge in [0.05, 0.1) is 17.7 Å². The molecule has 1 aromatic heterocycles. The molecule has 0 spiro atoms. The highest BCUT2D eigenvalue weighted by atomic mass is 79.9. The lowest BCUT2D eigenvalue weighted by atomic mass is 9.91. The number of aliphatic hydroxyl groups is 3. The van der Waals surface area contributed by atoms with Crippen molar-refractivity contribution >= 4 is 50.3 Å². The molecule has 10 nitrogen and oxygen atoms in total. The first-order chi connectivity index (χ1) is 14.6. The molecule has 3 rings (SSSR count). The lowest BCUT2D eigenvalue weighted by Crippen LogP contribution is -2.64. The third-order valence-corrected chi connectivity index (χ3v) is 6.38. The summed E-state index contributed by atoms with van der Waals surface area (Å²) in [6, 6.07) is 4.16. The molecule has 0 unspecified atom stereocenters. The Morgan fingerprint density at radius 2 is 2.16 bits per heavy atom. The number of aromatic amines is 1. The zero-order valence-corrected chi connectivity index (χ0v) is 18.7. The monoisotopic (exact) mass is 520 g/mol. The number of carboxylic acids is 1. The Morgan fingerprint density at radius 1 is 1.45 bits per heavy atom. The van der Waals surface area contributed by atoms with E-state index < -0.39 is 48.6 Å². The SMILES string of the molecule is CC(=O)N[C@H]1CC[C@@](Oc2cc3c(Cl)c(Br)ccc3[nH]2)(C(=O)O)O[C@@H]1[C@H](O)[C@@H](O)CO. The number of fused-ring (bicyclic) bond motifs is 1. The predicted octanol–water partition coefficient (Wildman–Crippen LogP) is 1.14. The highest BCUT2D eigenvalue weighted by Crippen LogP contribution is 2.37. The third kappa shape index (κ3) is 4.81. The second-order valence-electron chi connectivity index (χ2n) is 7.28. The third-order valence-electron chi connectivity index (χ3n) is 5.08. The van der Waals surface area contributed by atoms with E-state index in [2.05, 4.69) is 26.2 Å². The van der Waals surface area contributed by atoms with Gasteiger partial charge in [-0.15, -0.1) is 0 Å². The van der Waals surface area contributed by atoms with Gasteiger partial charge in [0, 0.05) is 34.8 Å². The zero-order chi connectivity index (χ0) is 22.9. The highest BCUT2D eigenvalue weighted by molar-refractivity contribution is 9.10. The summed E-state index contributed by atoms with van der Waals surface area (Å²) in [7, 11) is 0. The maximum absolute atomic E-state index is 12.2. The van der Waals surface area contributed by atoms with E-state index >= 15 is 0 Å². The van der Waals surface area contributed by atoms with Gasteiger partial charge in [0.2, 0.25) is 5.91 Å². The van der Waals surface area contributed by atoms with Crippen molar-refractivity contribution in [1.82, 2.24) is 10.3 Å². The number of hydrogen-bond donors (Lipinski definition) is 6. The van der Waals surface area contributed by atoms with Crippen LogP contribution in [-0.2, 0) is 14.3 Å². The molecule has 1 aromatic carbocycles. The van der Waals surface area contributed by atoms with E-state index in [1.165, 1.54) is 13.0 Å². The normalized spacial score (nSPS) is 25.7. The van der Waals surface area contributed by atoms with Crippen LogP contribution < -0.4 is 10.1 Å². The van der Waals surface area contributed by atoms with Gasteiger partial charge in [-0.1, -0.05) is 11.6 Å². The van der Waals surface area contributed by atoms with Crippen LogP contribution in [0.5, 0.6) is 5.88 Å².